The Kier molecular flexibility index (Phi) is 42.0. The van der Waals surface area contributed by atoms with Crippen LogP contribution in [0.4, 0.5) is 0 Å². The van der Waals surface area contributed by atoms with E-state index in [1.54, 1.807) is 6.08 Å². The lowest BCUT2D eigenvalue weighted by Gasteiger charge is -2.41. The molecule has 0 aromatic heterocycles. The van der Waals surface area contributed by atoms with Gasteiger partial charge in [0.1, 0.15) is 24.4 Å². The number of amides is 1. The monoisotopic (exact) mass is 958 g/mol. The van der Waals surface area contributed by atoms with E-state index < -0.39 is 67.4 Å². The lowest BCUT2D eigenvalue weighted by molar-refractivity contribution is -0.305. The maximum atomic E-state index is 13.3. The second-order valence-corrected chi connectivity index (χ2v) is 18.6. The normalized spacial score (nSPS) is 20.5. The fourth-order valence-corrected chi connectivity index (χ4v) is 7.92. The molecule has 0 spiro atoms. The van der Waals surface area contributed by atoms with Crippen LogP contribution in [0, 0.1) is 0 Å². The van der Waals surface area contributed by atoms with Crippen molar-refractivity contribution < 1.29 is 49.3 Å². The van der Waals surface area contributed by atoms with Gasteiger partial charge in [0.25, 0.3) is 0 Å². The molecule has 1 aliphatic rings. The average molecular weight is 958 g/mol. The molecule has 392 valence electrons. The van der Waals surface area contributed by atoms with Crippen molar-refractivity contribution in [2.45, 2.75) is 262 Å². The molecule has 8 atom stereocenters. The van der Waals surface area contributed by atoms with E-state index in [-0.39, 0.29) is 19.4 Å². The zero-order valence-corrected chi connectivity index (χ0v) is 43.0. The van der Waals surface area contributed by atoms with Crippen LogP contribution in [-0.4, -0.2) is 99.6 Å². The van der Waals surface area contributed by atoms with Crippen molar-refractivity contribution in [1.29, 1.82) is 0 Å². The third kappa shape index (κ3) is 33.6. The van der Waals surface area contributed by atoms with Gasteiger partial charge < -0.3 is 45.1 Å². The van der Waals surface area contributed by atoms with Gasteiger partial charge in [0.2, 0.25) is 5.91 Å². The predicted octanol–water partition coefficient (Wildman–Crippen LogP) is 11.7. The topological polar surface area (TPSA) is 175 Å². The van der Waals surface area contributed by atoms with E-state index in [1.165, 1.54) is 83.5 Å². The van der Waals surface area contributed by atoms with Gasteiger partial charge in [0, 0.05) is 6.42 Å². The van der Waals surface area contributed by atoms with E-state index in [9.17, 15) is 35.1 Å². The minimum Gasteiger partial charge on any atom is -0.454 e. The number of carbonyl (C=O) groups excluding carboxylic acids is 2. The highest BCUT2D eigenvalue weighted by Crippen LogP contribution is 2.26. The zero-order chi connectivity index (χ0) is 49.7. The first-order valence-corrected chi connectivity index (χ1v) is 27.2. The molecule has 1 heterocycles. The second-order valence-electron chi connectivity index (χ2n) is 18.6. The number of aliphatic hydroxyl groups is 5. The Bertz CT molecular complexity index is 1380. The Morgan fingerprint density at radius 3 is 1.60 bits per heavy atom. The van der Waals surface area contributed by atoms with E-state index >= 15 is 0 Å². The van der Waals surface area contributed by atoms with E-state index in [0.717, 1.165) is 77.0 Å². The van der Waals surface area contributed by atoms with Gasteiger partial charge in [-0.2, -0.15) is 0 Å². The smallest absolute Gasteiger partial charge is 0.306 e. The lowest BCUT2D eigenvalue weighted by Crippen LogP contribution is -2.61. The Balaban J connectivity index is 2.79. The summed E-state index contributed by atoms with van der Waals surface area (Å²) in [5.74, 6) is -1.27. The quantitative estimate of drug-likeness (QED) is 0.0196. The molecule has 1 fully saturated rings. The molecule has 68 heavy (non-hydrogen) atoms. The number of hydrogen-bond donors (Lipinski definition) is 6. The number of esters is 1. The Hall–Kier alpha value is -2.90. The Morgan fingerprint density at radius 2 is 1.03 bits per heavy atom. The summed E-state index contributed by atoms with van der Waals surface area (Å²) in [6, 6.07) is -1.04. The van der Waals surface area contributed by atoms with Gasteiger partial charge in [0.15, 0.2) is 12.4 Å². The number of rotatable bonds is 44. The summed E-state index contributed by atoms with van der Waals surface area (Å²) in [4.78, 5) is 26.3. The van der Waals surface area contributed by atoms with Crippen LogP contribution in [0.5, 0.6) is 0 Å². The summed E-state index contributed by atoms with van der Waals surface area (Å²) >= 11 is 0. The van der Waals surface area contributed by atoms with E-state index in [1.807, 2.05) is 18.2 Å². The van der Waals surface area contributed by atoms with Crippen LogP contribution in [0.1, 0.15) is 213 Å². The van der Waals surface area contributed by atoms with Crippen molar-refractivity contribution >= 4 is 11.9 Å². The molecule has 0 aliphatic carbocycles. The maximum Gasteiger partial charge on any atom is 0.306 e. The first-order chi connectivity index (χ1) is 33.2. The van der Waals surface area contributed by atoms with Crippen molar-refractivity contribution in [2.24, 2.45) is 0 Å². The fourth-order valence-electron chi connectivity index (χ4n) is 7.92. The third-order valence-electron chi connectivity index (χ3n) is 12.3. The lowest BCUT2D eigenvalue weighted by atomic mass is 9.99. The Morgan fingerprint density at radius 1 is 0.574 bits per heavy atom. The number of ether oxygens (including phenoxy) is 3. The van der Waals surface area contributed by atoms with E-state index in [4.69, 9.17) is 14.2 Å². The van der Waals surface area contributed by atoms with Crippen molar-refractivity contribution in [3.05, 3.63) is 72.9 Å². The van der Waals surface area contributed by atoms with Crippen LogP contribution in [0.2, 0.25) is 0 Å². The standard InChI is InChI=1S/C57H99NO10/c1-4-7-10-13-16-19-22-24-25-26-27-28-30-33-36-39-42-45-52(62)68-55-54(64)53(63)51(46-59)67-57(55)66-47-48(49(60)43-40-37-34-32-29-23-20-17-14-11-8-5-2)58-56(65)50(61)44-41-38-35-31-21-18-15-12-9-6-3/h15-16,18-19,24-25,27-28,33,36,40,43,48-51,53-55,57,59-61,63-64H,4-14,17,20-23,26,29-32,34-35,37-39,41-42,44-47H2,1-3H3,(H,58,65)/b18-15-,19-16-,25-24-,28-27-,36-33-,43-40+. The average Bonchev–Trinajstić information content (AvgIpc) is 3.33. The molecule has 11 nitrogen and oxygen atoms in total. The summed E-state index contributed by atoms with van der Waals surface area (Å²) in [5, 5.41) is 56.6. The molecule has 0 radical (unpaired) electrons. The molecule has 1 amide bonds. The molecule has 1 saturated heterocycles. The van der Waals surface area contributed by atoms with Crippen LogP contribution in [0.25, 0.3) is 0 Å². The van der Waals surface area contributed by atoms with Gasteiger partial charge in [-0.25, -0.2) is 0 Å². The maximum absolute atomic E-state index is 13.3. The van der Waals surface area contributed by atoms with Crippen molar-refractivity contribution in [3.63, 3.8) is 0 Å². The molecule has 0 aromatic rings. The zero-order valence-electron chi connectivity index (χ0n) is 43.0. The second kappa shape index (κ2) is 45.3. The first kappa shape index (κ1) is 63.1. The number of nitrogens with one attached hydrogen (secondary N) is 1. The third-order valence-corrected chi connectivity index (χ3v) is 12.3. The summed E-state index contributed by atoms with van der Waals surface area (Å²) in [6.07, 6.45) is 45.3. The van der Waals surface area contributed by atoms with Crippen LogP contribution in [0.3, 0.4) is 0 Å². The van der Waals surface area contributed by atoms with Crippen molar-refractivity contribution in [3.8, 4) is 0 Å². The molecule has 6 N–H and O–H groups in total. The summed E-state index contributed by atoms with van der Waals surface area (Å²) in [6.45, 7) is 5.64. The largest absolute Gasteiger partial charge is 0.454 e. The molecule has 8 unspecified atom stereocenters. The van der Waals surface area contributed by atoms with Gasteiger partial charge >= 0.3 is 5.97 Å². The molecule has 1 rings (SSSR count). The first-order valence-electron chi connectivity index (χ1n) is 27.2. The van der Waals surface area contributed by atoms with E-state index in [0.29, 0.717) is 19.3 Å². The van der Waals surface area contributed by atoms with Gasteiger partial charge in [-0.1, -0.05) is 196 Å². The molecular formula is C57H99NO10. The highest BCUT2D eigenvalue weighted by atomic mass is 16.7. The van der Waals surface area contributed by atoms with E-state index in [2.05, 4.69) is 74.7 Å². The SMILES string of the molecule is CCCC/C=C\CCCCCCC(O)C(=O)NC(COC1OC(CO)C(O)C(O)C1OC(=O)CCC/C=C\C/C=C\C/C=C\C/C=C\CCCCC)C(O)/C=C/CCCCCCCCCCCC. The fraction of sp³-hybridized carbons (Fsp3) is 0.754. The molecule has 0 aromatic carbocycles. The van der Waals surface area contributed by atoms with Crippen molar-refractivity contribution in [2.75, 3.05) is 13.2 Å². The number of unbranched alkanes of at least 4 members (excludes halogenated alkanes) is 20. The molecule has 1 aliphatic heterocycles. The highest BCUT2D eigenvalue weighted by Gasteiger charge is 2.47. The highest BCUT2D eigenvalue weighted by molar-refractivity contribution is 5.80. The molecule has 11 heteroatoms. The number of carbonyl (C=O) groups is 2. The van der Waals surface area contributed by atoms with Gasteiger partial charge in [-0.15, -0.1) is 0 Å². The van der Waals surface area contributed by atoms with Gasteiger partial charge in [-0.3, -0.25) is 9.59 Å². The number of aliphatic hydroxyl groups excluding tert-OH is 5. The van der Waals surface area contributed by atoms with Crippen LogP contribution in [0.15, 0.2) is 72.9 Å². The minimum absolute atomic E-state index is 0.0444. The van der Waals surface area contributed by atoms with Crippen LogP contribution < -0.4 is 5.32 Å². The number of hydrogen-bond acceptors (Lipinski definition) is 10. The summed E-state index contributed by atoms with van der Waals surface area (Å²) in [7, 11) is 0. The molecule has 0 saturated carbocycles. The number of allylic oxidation sites excluding steroid dienone is 11. The van der Waals surface area contributed by atoms with Crippen LogP contribution in [-0.2, 0) is 23.8 Å². The van der Waals surface area contributed by atoms with Crippen molar-refractivity contribution in [1.82, 2.24) is 5.32 Å². The predicted molar refractivity (Wildman–Crippen MR) is 278 cm³/mol. The Labute approximate surface area is 413 Å². The summed E-state index contributed by atoms with van der Waals surface area (Å²) in [5.41, 5.74) is 0. The van der Waals surface area contributed by atoms with Gasteiger partial charge in [-0.05, 0) is 83.5 Å². The minimum atomic E-state index is -1.64. The van der Waals surface area contributed by atoms with Crippen LogP contribution >= 0.6 is 0 Å². The molecular weight excluding hydrogens is 859 g/mol. The van der Waals surface area contributed by atoms with Gasteiger partial charge in [0.05, 0.1) is 25.4 Å². The molecule has 0 bridgehead atoms. The summed E-state index contributed by atoms with van der Waals surface area (Å²) < 4.78 is 17.5.